The first-order valence-corrected chi connectivity index (χ1v) is 8.86. The topological polar surface area (TPSA) is 72.2 Å². The van der Waals surface area contributed by atoms with E-state index in [-0.39, 0.29) is 4.90 Å². The predicted octanol–water partition coefficient (Wildman–Crippen LogP) is 2.94. The first-order chi connectivity index (χ1) is 11.1. The van der Waals surface area contributed by atoms with Crippen LogP contribution in [0.1, 0.15) is 5.56 Å². The molecule has 0 aromatic heterocycles. The quantitative estimate of drug-likeness (QED) is 0.708. The summed E-state index contributed by atoms with van der Waals surface area (Å²) >= 11 is 0. The van der Waals surface area contributed by atoms with Crippen LogP contribution in [0.25, 0.3) is 10.8 Å². The van der Waals surface area contributed by atoms with Crippen molar-refractivity contribution in [2.45, 2.75) is 11.3 Å². The zero-order valence-corrected chi connectivity index (χ0v) is 13.4. The molecular weight excluding hydrogens is 308 g/mol. The average Bonchev–Trinajstić information content (AvgIpc) is 2.55. The largest absolute Gasteiger partial charge is 0.398 e. The molecule has 0 fully saturated rings. The van der Waals surface area contributed by atoms with Gasteiger partial charge in [-0.2, -0.15) is 0 Å². The van der Waals surface area contributed by atoms with Gasteiger partial charge in [-0.25, -0.2) is 13.1 Å². The van der Waals surface area contributed by atoms with E-state index in [1.165, 1.54) is 0 Å². The third kappa shape index (κ3) is 3.52. The summed E-state index contributed by atoms with van der Waals surface area (Å²) < 4.78 is 27.5. The molecule has 3 aromatic carbocycles. The van der Waals surface area contributed by atoms with Gasteiger partial charge < -0.3 is 5.73 Å². The SMILES string of the molecule is Nc1cccc2cc(S(=O)(=O)NCCc3ccccc3)ccc12. The maximum Gasteiger partial charge on any atom is 0.240 e. The molecule has 0 radical (unpaired) electrons. The average molecular weight is 326 g/mol. The Morgan fingerprint density at radius 3 is 2.48 bits per heavy atom. The Kier molecular flexibility index (Phi) is 4.32. The summed E-state index contributed by atoms with van der Waals surface area (Å²) in [6, 6.07) is 20.2. The second-order valence-electron chi connectivity index (χ2n) is 5.36. The predicted molar refractivity (Wildman–Crippen MR) is 93.7 cm³/mol. The normalized spacial score (nSPS) is 11.7. The Bertz CT molecular complexity index is 922. The molecule has 0 amide bonds. The van der Waals surface area contributed by atoms with Gasteiger partial charge in [-0.1, -0.05) is 48.5 Å². The molecule has 0 saturated carbocycles. The van der Waals surface area contributed by atoms with Crippen molar-refractivity contribution >= 4 is 26.5 Å². The number of nitrogen functional groups attached to an aromatic ring is 1. The van der Waals surface area contributed by atoms with Crippen molar-refractivity contribution in [3.63, 3.8) is 0 Å². The summed E-state index contributed by atoms with van der Waals surface area (Å²) in [5.41, 5.74) is 7.64. The van der Waals surface area contributed by atoms with Gasteiger partial charge >= 0.3 is 0 Å². The standard InChI is InChI=1S/C18H18N2O2S/c19-18-8-4-7-15-13-16(9-10-17(15)18)23(21,22)20-12-11-14-5-2-1-3-6-14/h1-10,13,20H,11-12,19H2. The number of anilines is 1. The van der Waals surface area contributed by atoms with E-state index in [4.69, 9.17) is 5.73 Å². The molecule has 0 spiro atoms. The number of rotatable bonds is 5. The van der Waals surface area contributed by atoms with Crippen LogP contribution < -0.4 is 10.5 Å². The molecule has 0 aliphatic rings. The zero-order chi connectivity index (χ0) is 16.3. The number of hydrogen-bond donors (Lipinski definition) is 2. The summed E-state index contributed by atoms with van der Waals surface area (Å²) in [5, 5.41) is 1.67. The van der Waals surface area contributed by atoms with Crippen LogP contribution in [0.15, 0.2) is 71.6 Å². The van der Waals surface area contributed by atoms with E-state index < -0.39 is 10.0 Å². The molecule has 0 aliphatic carbocycles. The molecule has 0 bridgehead atoms. The highest BCUT2D eigenvalue weighted by Crippen LogP contribution is 2.23. The highest BCUT2D eigenvalue weighted by molar-refractivity contribution is 7.89. The fourth-order valence-electron chi connectivity index (χ4n) is 2.51. The Balaban J connectivity index is 1.77. The van der Waals surface area contributed by atoms with E-state index in [1.54, 1.807) is 24.3 Å². The zero-order valence-electron chi connectivity index (χ0n) is 12.6. The van der Waals surface area contributed by atoms with Gasteiger partial charge in [0.05, 0.1) is 4.90 Å². The minimum atomic E-state index is -3.53. The summed E-state index contributed by atoms with van der Waals surface area (Å²) in [6.45, 7) is 0.362. The Hall–Kier alpha value is -2.37. The molecule has 3 N–H and O–H groups in total. The highest BCUT2D eigenvalue weighted by atomic mass is 32.2. The van der Waals surface area contributed by atoms with Crippen LogP contribution in [0.2, 0.25) is 0 Å². The molecule has 0 aliphatic heterocycles. The van der Waals surface area contributed by atoms with Gasteiger partial charge in [-0.3, -0.25) is 0 Å². The molecule has 23 heavy (non-hydrogen) atoms. The monoisotopic (exact) mass is 326 g/mol. The molecule has 4 nitrogen and oxygen atoms in total. The van der Waals surface area contributed by atoms with Gasteiger partial charge in [0.15, 0.2) is 0 Å². The van der Waals surface area contributed by atoms with E-state index in [9.17, 15) is 8.42 Å². The van der Waals surface area contributed by atoms with E-state index in [2.05, 4.69) is 4.72 Å². The lowest BCUT2D eigenvalue weighted by atomic mass is 10.1. The lowest BCUT2D eigenvalue weighted by Gasteiger charge is -2.09. The summed E-state index contributed by atoms with van der Waals surface area (Å²) in [4.78, 5) is 0.253. The lowest BCUT2D eigenvalue weighted by molar-refractivity contribution is 0.582. The van der Waals surface area contributed by atoms with Crippen LogP contribution in [0.5, 0.6) is 0 Å². The van der Waals surface area contributed by atoms with E-state index in [1.807, 2.05) is 42.5 Å². The summed E-state index contributed by atoms with van der Waals surface area (Å²) in [5.74, 6) is 0. The van der Waals surface area contributed by atoms with Gasteiger partial charge in [-0.05, 0) is 35.6 Å². The van der Waals surface area contributed by atoms with Crippen molar-refractivity contribution in [1.82, 2.24) is 4.72 Å². The number of benzene rings is 3. The third-order valence-corrected chi connectivity index (χ3v) is 5.20. The van der Waals surface area contributed by atoms with Crippen molar-refractivity contribution < 1.29 is 8.42 Å². The molecule has 0 unspecified atom stereocenters. The molecule has 0 saturated heterocycles. The number of nitrogens with two attached hydrogens (primary N) is 1. The van der Waals surface area contributed by atoms with Crippen molar-refractivity contribution in [1.29, 1.82) is 0 Å². The maximum absolute atomic E-state index is 12.4. The van der Waals surface area contributed by atoms with Crippen LogP contribution >= 0.6 is 0 Å². The van der Waals surface area contributed by atoms with Crippen LogP contribution in [0, 0.1) is 0 Å². The highest BCUT2D eigenvalue weighted by Gasteiger charge is 2.14. The molecule has 118 valence electrons. The molecule has 3 rings (SSSR count). The van der Waals surface area contributed by atoms with Crippen LogP contribution in [0.3, 0.4) is 0 Å². The van der Waals surface area contributed by atoms with Gasteiger partial charge in [-0.15, -0.1) is 0 Å². The van der Waals surface area contributed by atoms with Gasteiger partial charge in [0, 0.05) is 17.6 Å². The van der Waals surface area contributed by atoms with E-state index >= 15 is 0 Å². The first-order valence-electron chi connectivity index (χ1n) is 7.38. The second kappa shape index (κ2) is 6.40. The van der Waals surface area contributed by atoms with Crippen molar-refractivity contribution in [2.75, 3.05) is 12.3 Å². The Morgan fingerprint density at radius 1 is 0.913 bits per heavy atom. The fourth-order valence-corrected chi connectivity index (χ4v) is 3.58. The number of fused-ring (bicyclic) bond motifs is 1. The third-order valence-electron chi connectivity index (χ3n) is 3.74. The molecule has 3 aromatic rings. The molecule has 5 heteroatoms. The number of sulfonamides is 1. The Morgan fingerprint density at radius 2 is 1.70 bits per heavy atom. The molecule has 0 heterocycles. The van der Waals surface area contributed by atoms with Crippen molar-refractivity contribution in [3.05, 3.63) is 72.3 Å². The summed E-state index contributed by atoms with van der Waals surface area (Å²) in [7, 11) is -3.53. The second-order valence-corrected chi connectivity index (χ2v) is 7.13. The molecule has 0 atom stereocenters. The van der Waals surface area contributed by atoms with E-state index in [0.29, 0.717) is 18.7 Å². The summed E-state index contributed by atoms with van der Waals surface area (Å²) in [6.07, 6.45) is 0.653. The number of hydrogen-bond acceptors (Lipinski definition) is 3. The van der Waals surface area contributed by atoms with Crippen LogP contribution in [-0.2, 0) is 16.4 Å². The van der Waals surface area contributed by atoms with Crippen LogP contribution in [0.4, 0.5) is 5.69 Å². The van der Waals surface area contributed by atoms with Crippen LogP contribution in [-0.4, -0.2) is 15.0 Å². The lowest BCUT2D eigenvalue weighted by Crippen LogP contribution is -2.26. The van der Waals surface area contributed by atoms with E-state index in [0.717, 1.165) is 16.3 Å². The van der Waals surface area contributed by atoms with Crippen molar-refractivity contribution in [3.8, 4) is 0 Å². The van der Waals surface area contributed by atoms with Crippen molar-refractivity contribution in [2.24, 2.45) is 0 Å². The minimum Gasteiger partial charge on any atom is -0.398 e. The van der Waals surface area contributed by atoms with Gasteiger partial charge in [0.2, 0.25) is 10.0 Å². The van der Waals surface area contributed by atoms with Gasteiger partial charge in [0.1, 0.15) is 0 Å². The first kappa shape index (κ1) is 15.5. The maximum atomic E-state index is 12.4. The number of nitrogens with one attached hydrogen (secondary N) is 1. The Labute approximate surface area is 136 Å². The molecular formula is C18H18N2O2S. The minimum absolute atomic E-state index is 0.253. The van der Waals surface area contributed by atoms with Gasteiger partial charge in [0.25, 0.3) is 0 Å². The smallest absolute Gasteiger partial charge is 0.240 e. The fraction of sp³-hybridized carbons (Fsp3) is 0.111.